The van der Waals surface area contributed by atoms with E-state index in [4.69, 9.17) is 0 Å². The number of rotatable bonds is 5. The van der Waals surface area contributed by atoms with Crippen molar-refractivity contribution in [3.05, 3.63) is 30.1 Å². The highest BCUT2D eigenvalue weighted by Gasteiger charge is 2.06. The van der Waals surface area contributed by atoms with Crippen LogP contribution in [-0.4, -0.2) is 22.1 Å². The number of hydrogen-bond acceptors (Lipinski definition) is 2. The van der Waals surface area contributed by atoms with Gasteiger partial charge in [-0.15, -0.1) is 0 Å². The number of carbonyl (C=O) groups excluding carboxylic acids is 1. The third-order valence-corrected chi connectivity index (χ3v) is 3.18. The fraction of sp³-hybridized carbons (Fsp3) is 0.467. The predicted octanol–water partition coefficient (Wildman–Crippen LogP) is 2.83. The second-order valence-electron chi connectivity index (χ2n) is 5.18. The molecule has 0 spiro atoms. The molecule has 1 heterocycles. The van der Waals surface area contributed by atoms with Crippen molar-refractivity contribution < 1.29 is 4.79 Å². The number of carbonyl (C=O) groups is 1. The molecule has 0 aliphatic heterocycles. The van der Waals surface area contributed by atoms with E-state index in [2.05, 4.69) is 40.1 Å². The van der Waals surface area contributed by atoms with Crippen LogP contribution in [0.5, 0.6) is 0 Å². The minimum Gasteiger partial charge on any atom is -0.338 e. The number of aromatic nitrogens is 2. The summed E-state index contributed by atoms with van der Waals surface area (Å²) in [4.78, 5) is 15.9. The van der Waals surface area contributed by atoms with E-state index in [1.54, 1.807) is 0 Å². The number of hydrogen-bond donors (Lipinski definition) is 2. The normalized spacial score (nSPS) is 11.0. The molecule has 20 heavy (non-hydrogen) atoms. The molecule has 0 aliphatic carbocycles. The Morgan fingerprint density at radius 2 is 2.15 bits per heavy atom. The number of imidazole rings is 1. The van der Waals surface area contributed by atoms with Crippen LogP contribution in [0.25, 0.3) is 11.0 Å². The summed E-state index contributed by atoms with van der Waals surface area (Å²) in [6.07, 6.45) is 2.80. The molecule has 5 nitrogen and oxygen atoms in total. The Bertz CT molecular complexity index is 589. The van der Waals surface area contributed by atoms with Gasteiger partial charge in [0, 0.05) is 19.1 Å². The highest BCUT2D eigenvalue weighted by molar-refractivity contribution is 5.77. The quantitative estimate of drug-likeness (QED) is 0.880. The molecule has 0 unspecified atom stereocenters. The minimum absolute atomic E-state index is 0.125. The van der Waals surface area contributed by atoms with Gasteiger partial charge in [0.25, 0.3) is 0 Å². The van der Waals surface area contributed by atoms with Crippen molar-refractivity contribution >= 4 is 17.1 Å². The largest absolute Gasteiger partial charge is 0.338 e. The van der Waals surface area contributed by atoms with Gasteiger partial charge in [0.05, 0.1) is 17.4 Å². The maximum Gasteiger partial charge on any atom is 0.315 e. The zero-order chi connectivity index (χ0) is 14.5. The molecule has 0 fully saturated rings. The topological polar surface area (TPSA) is 59.0 Å². The summed E-state index contributed by atoms with van der Waals surface area (Å²) in [7, 11) is 0. The van der Waals surface area contributed by atoms with Gasteiger partial charge in [-0.2, -0.15) is 0 Å². The Morgan fingerprint density at radius 1 is 1.35 bits per heavy atom. The van der Waals surface area contributed by atoms with Gasteiger partial charge in [-0.05, 0) is 38.0 Å². The van der Waals surface area contributed by atoms with Crippen LogP contribution in [0.15, 0.2) is 24.5 Å². The SMILES string of the molecule is CCCNC(=O)NCc1ccc2c(c1)ncn2C(C)C. The molecule has 1 aromatic carbocycles. The lowest BCUT2D eigenvalue weighted by Crippen LogP contribution is -2.35. The van der Waals surface area contributed by atoms with Crippen molar-refractivity contribution in [3.8, 4) is 0 Å². The molecule has 0 atom stereocenters. The van der Waals surface area contributed by atoms with Crippen LogP contribution in [0.4, 0.5) is 4.79 Å². The van der Waals surface area contributed by atoms with Gasteiger partial charge in [0.2, 0.25) is 0 Å². The van der Waals surface area contributed by atoms with Crippen LogP contribution in [0.1, 0.15) is 38.8 Å². The molecule has 5 heteroatoms. The minimum atomic E-state index is -0.125. The summed E-state index contributed by atoms with van der Waals surface area (Å²) in [6.45, 7) is 7.51. The molecular formula is C15H22N4O. The van der Waals surface area contributed by atoms with Crippen LogP contribution < -0.4 is 10.6 Å². The Balaban J connectivity index is 2.03. The van der Waals surface area contributed by atoms with Crippen molar-refractivity contribution in [2.24, 2.45) is 0 Å². The van der Waals surface area contributed by atoms with Crippen LogP contribution >= 0.6 is 0 Å². The van der Waals surface area contributed by atoms with E-state index in [0.717, 1.165) is 23.0 Å². The Kier molecular flexibility index (Phi) is 4.61. The molecule has 108 valence electrons. The molecule has 0 bridgehead atoms. The van der Waals surface area contributed by atoms with E-state index >= 15 is 0 Å². The summed E-state index contributed by atoms with van der Waals surface area (Å²) in [5, 5.41) is 5.63. The van der Waals surface area contributed by atoms with Crippen molar-refractivity contribution in [3.63, 3.8) is 0 Å². The van der Waals surface area contributed by atoms with Crippen LogP contribution in [0, 0.1) is 0 Å². The van der Waals surface area contributed by atoms with Gasteiger partial charge in [-0.3, -0.25) is 0 Å². The number of nitrogens with one attached hydrogen (secondary N) is 2. The van der Waals surface area contributed by atoms with Crippen molar-refractivity contribution in [2.45, 2.75) is 39.8 Å². The third kappa shape index (κ3) is 3.29. The molecule has 2 aromatic rings. The molecule has 1 aromatic heterocycles. The Hall–Kier alpha value is -2.04. The molecule has 2 N–H and O–H groups in total. The lowest BCUT2D eigenvalue weighted by Gasteiger charge is -2.09. The smallest absolute Gasteiger partial charge is 0.315 e. The summed E-state index contributed by atoms with van der Waals surface area (Å²) in [5.41, 5.74) is 3.14. The van der Waals surface area contributed by atoms with Crippen molar-refractivity contribution in [2.75, 3.05) is 6.54 Å². The molecule has 0 radical (unpaired) electrons. The van der Waals surface area contributed by atoms with Gasteiger partial charge in [0.15, 0.2) is 0 Å². The number of fused-ring (bicyclic) bond motifs is 1. The summed E-state index contributed by atoms with van der Waals surface area (Å²) < 4.78 is 2.14. The van der Waals surface area contributed by atoms with E-state index in [1.807, 2.05) is 25.4 Å². The first-order valence-electron chi connectivity index (χ1n) is 7.09. The third-order valence-electron chi connectivity index (χ3n) is 3.18. The monoisotopic (exact) mass is 274 g/mol. The van der Waals surface area contributed by atoms with E-state index in [0.29, 0.717) is 19.1 Å². The lowest BCUT2D eigenvalue weighted by molar-refractivity contribution is 0.240. The summed E-state index contributed by atoms with van der Waals surface area (Å²) in [6, 6.07) is 6.38. The predicted molar refractivity (Wildman–Crippen MR) is 80.6 cm³/mol. The van der Waals surface area contributed by atoms with Crippen LogP contribution in [0.2, 0.25) is 0 Å². The van der Waals surface area contributed by atoms with E-state index in [1.165, 1.54) is 0 Å². The van der Waals surface area contributed by atoms with Crippen molar-refractivity contribution in [1.82, 2.24) is 20.2 Å². The molecule has 2 rings (SSSR count). The van der Waals surface area contributed by atoms with Gasteiger partial charge in [-0.1, -0.05) is 13.0 Å². The van der Waals surface area contributed by atoms with Gasteiger partial charge in [0.1, 0.15) is 0 Å². The first-order valence-corrected chi connectivity index (χ1v) is 7.09. The molecular weight excluding hydrogens is 252 g/mol. The van der Waals surface area contributed by atoms with Gasteiger partial charge in [-0.25, -0.2) is 9.78 Å². The Labute approximate surface area is 119 Å². The molecule has 0 aliphatic rings. The summed E-state index contributed by atoms with van der Waals surface area (Å²) >= 11 is 0. The zero-order valence-electron chi connectivity index (χ0n) is 12.3. The average Bonchev–Trinajstić information content (AvgIpc) is 2.86. The van der Waals surface area contributed by atoms with Crippen molar-refractivity contribution in [1.29, 1.82) is 0 Å². The van der Waals surface area contributed by atoms with E-state index < -0.39 is 0 Å². The number of amides is 2. The number of benzene rings is 1. The van der Waals surface area contributed by atoms with E-state index in [-0.39, 0.29) is 6.03 Å². The van der Waals surface area contributed by atoms with Gasteiger partial charge < -0.3 is 15.2 Å². The second kappa shape index (κ2) is 6.41. The zero-order valence-corrected chi connectivity index (χ0v) is 12.3. The van der Waals surface area contributed by atoms with Gasteiger partial charge >= 0.3 is 6.03 Å². The average molecular weight is 274 g/mol. The van der Waals surface area contributed by atoms with Crippen LogP contribution in [0.3, 0.4) is 0 Å². The first kappa shape index (κ1) is 14.4. The fourth-order valence-corrected chi connectivity index (χ4v) is 2.08. The standard InChI is InChI=1S/C15H22N4O/c1-4-7-16-15(20)17-9-12-5-6-14-13(8-12)18-10-19(14)11(2)3/h5-6,8,10-11H,4,7,9H2,1-3H3,(H2,16,17,20). The molecule has 0 saturated heterocycles. The first-order chi connectivity index (χ1) is 9.61. The number of urea groups is 1. The molecule has 0 saturated carbocycles. The highest BCUT2D eigenvalue weighted by atomic mass is 16.2. The maximum atomic E-state index is 11.5. The second-order valence-corrected chi connectivity index (χ2v) is 5.18. The number of nitrogens with zero attached hydrogens (tertiary/aromatic N) is 2. The van der Waals surface area contributed by atoms with Crippen LogP contribution in [-0.2, 0) is 6.54 Å². The highest BCUT2D eigenvalue weighted by Crippen LogP contribution is 2.18. The summed E-state index contributed by atoms with van der Waals surface area (Å²) in [5.74, 6) is 0. The lowest BCUT2D eigenvalue weighted by atomic mass is 10.2. The fourth-order valence-electron chi connectivity index (χ4n) is 2.08. The maximum absolute atomic E-state index is 11.5. The molecule has 2 amide bonds. The Morgan fingerprint density at radius 3 is 2.85 bits per heavy atom. The van der Waals surface area contributed by atoms with E-state index in [9.17, 15) is 4.79 Å².